The molecule has 5 heteroatoms. The highest BCUT2D eigenvalue weighted by atomic mass is 79.9. The van der Waals surface area contributed by atoms with Crippen LogP contribution in [0.4, 0.5) is 8.78 Å². The lowest BCUT2D eigenvalue weighted by Gasteiger charge is -2.05. The van der Waals surface area contributed by atoms with Crippen LogP contribution in [0.15, 0.2) is 16.6 Å². The molecule has 0 radical (unpaired) electrons. The quantitative estimate of drug-likeness (QED) is 0.859. The Morgan fingerprint density at radius 3 is 2.67 bits per heavy atom. The summed E-state index contributed by atoms with van der Waals surface area (Å²) in [4.78, 5) is 0. The van der Waals surface area contributed by atoms with Crippen LogP contribution in [0.2, 0.25) is 0 Å². The first-order valence-corrected chi connectivity index (χ1v) is 3.81. The second-order valence-corrected chi connectivity index (χ2v) is 2.90. The molecule has 0 atom stereocenters. The highest BCUT2D eigenvalue weighted by molar-refractivity contribution is 9.10. The van der Waals surface area contributed by atoms with Crippen molar-refractivity contribution in [1.82, 2.24) is 0 Å². The van der Waals surface area contributed by atoms with Crippen molar-refractivity contribution in [2.45, 2.75) is 0 Å². The van der Waals surface area contributed by atoms with Gasteiger partial charge in [0.15, 0.2) is 17.3 Å². The van der Waals surface area contributed by atoms with Crippen LogP contribution in [0.25, 0.3) is 0 Å². The molecule has 2 nitrogen and oxygen atoms in total. The number of halogens is 3. The second-order valence-electron chi connectivity index (χ2n) is 1.99. The Morgan fingerprint density at radius 1 is 1.50 bits per heavy atom. The third-order valence-corrected chi connectivity index (χ3v) is 1.65. The molecule has 1 N–H and O–H groups in total. The molecular weight excluding hydrogens is 234 g/mol. The molecule has 0 unspecified atom stereocenters. The lowest BCUT2D eigenvalue weighted by Crippen LogP contribution is -1.93. The monoisotopic (exact) mass is 238 g/mol. The fourth-order valence-corrected chi connectivity index (χ4v) is 1.16. The van der Waals surface area contributed by atoms with E-state index < -0.39 is 24.2 Å². The summed E-state index contributed by atoms with van der Waals surface area (Å²) >= 11 is 2.95. The molecule has 0 heterocycles. The molecular formula is C7H5BrF2O2. The molecule has 0 spiro atoms. The molecule has 1 rings (SSSR count). The smallest absolute Gasteiger partial charge is 0.228 e. The maximum atomic E-state index is 12.8. The Hall–Kier alpha value is -0.840. The van der Waals surface area contributed by atoms with Gasteiger partial charge in [-0.15, -0.1) is 0 Å². The largest absolute Gasteiger partial charge is 0.504 e. The molecule has 1 aromatic rings. The fourth-order valence-electron chi connectivity index (χ4n) is 0.744. The van der Waals surface area contributed by atoms with Crippen LogP contribution < -0.4 is 4.74 Å². The minimum atomic E-state index is -1.17. The van der Waals surface area contributed by atoms with Crippen molar-refractivity contribution >= 4 is 15.9 Å². The lowest BCUT2D eigenvalue weighted by atomic mass is 10.3. The zero-order valence-corrected chi connectivity index (χ0v) is 7.44. The molecule has 0 aliphatic carbocycles. The van der Waals surface area contributed by atoms with Crippen molar-refractivity contribution in [3.63, 3.8) is 0 Å². The first kappa shape index (κ1) is 9.25. The average molecular weight is 239 g/mol. The number of phenols is 1. The first-order valence-electron chi connectivity index (χ1n) is 3.02. The van der Waals surface area contributed by atoms with E-state index in [1.807, 2.05) is 0 Å². The number of aromatic hydroxyl groups is 1. The van der Waals surface area contributed by atoms with E-state index in [0.717, 1.165) is 6.07 Å². The molecule has 0 bridgehead atoms. The maximum absolute atomic E-state index is 12.8. The van der Waals surface area contributed by atoms with E-state index in [-0.39, 0.29) is 0 Å². The molecule has 0 saturated heterocycles. The number of alkyl halides is 1. The number of hydrogen-bond acceptors (Lipinski definition) is 2. The summed E-state index contributed by atoms with van der Waals surface area (Å²) in [5.41, 5.74) is 0. The van der Waals surface area contributed by atoms with Gasteiger partial charge in [-0.25, -0.2) is 8.78 Å². The van der Waals surface area contributed by atoms with Gasteiger partial charge in [0.25, 0.3) is 0 Å². The van der Waals surface area contributed by atoms with Crippen LogP contribution in [0.5, 0.6) is 11.5 Å². The van der Waals surface area contributed by atoms with Gasteiger partial charge in [-0.3, -0.25) is 0 Å². The Kier molecular flexibility index (Phi) is 2.86. The number of ether oxygens (including phenoxy) is 1. The highest BCUT2D eigenvalue weighted by Gasteiger charge is 2.10. The van der Waals surface area contributed by atoms with E-state index in [4.69, 9.17) is 5.11 Å². The number of rotatable bonds is 2. The Bertz CT molecular complexity index is 268. The molecule has 0 aliphatic rings. The van der Waals surface area contributed by atoms with Crippen molar-refractivity contribution < 1.29 is 18.6 Å². The van der Waals surface area contributed by atoms with Crippen LogP contribution in [0.1, 0.15) is 0 Å². The van der Waals surface area contributed by atoms with Gasteiger partial charge in [-0.2, -0.15) is 0 Å². The predicted octanol–water partition coefficient (Wildman–Crippen LogP) is 2.60. The fraction of sp³-hybridized carbons (Fsp3) is 0.143. The van der Waals surface area contributed by atoms with E-state index in [0.29, 0.717) is 4.47 Å². The van der Waals surface area contributed by atoms with Crippen molar-refractivity contribution in [3.8, 4) is 11.5 Å². The third-order valence-electron chi connectivity index (χ3n) is 1.19. The molecule has 0 aromatic heterocycles. The minimum Gasteiger partial charge on any atom is -0.504 e. The van der Waals surface area contributed by atoms with Gasteiger partial charge in [0, 0.05) is 4.47 Å². The van der Waals surface area contributed by atoms with Crippen molar-refractivity contribution in [3.05, 3.63) is 22.4 Å². The number of phenolic OH excluding ortho intramolecular Hbond substituents is 1. The summed E-state index contributed by atoms with van der Waals surface area (Å²) in [7, 11) is 0. The van der Waals surface area contributed by atoms with Gasteiger partial charge in [-0.05, 0) is 12.1 Å². The lowest BCUT2D eigenvalue weighted by molar-refractivity contribution is 0.177. The molecule has 66 valence electrons. The van der Waals surface area contributed by atoms with E-state index in [1.165, 1.54) is 6.07 Å². The van der Waals surface area contributed by atoms with E-state index in [1.54, 1.807) is 0 Å². The topological polar surface area (TPSA) is 29.5 Å². The predicted molar refractivity (Wildman–Crippen MR) is 42.4 cm³/mol. The maximum Gasteiger partial charge on any atom is 0.228 e. The summed E-state index contributed by atoms with van der Waals surface area (Å²) < 4.78 is 29.0. The third kappa shape index (κ3) is 1.85. The van der Waals surface area contributed by atoms with Crippen LogP contribution in [-0.2, 0) is 0 Å². The molecule has 12 heavy (non-hydrogen) atoms. The second kappa shape index (κ2) is 3.71. The van der Waals surface area contributed by atoms with Gasteiger partial charge in [0.2, 0.25) is 6.86 Å². The van der Waals surface area contributed by atoms with Gasteiger partial charge < -0.3 is 9.84 Å². The van der Waals surface area contributed by atoms with Gasteiger partial charge >= 0.3 is 0 Å². The SMILES string of the molecule is Oc1cc(Br)cc(F)c1OCF. The van der Waals surface area contributed by atoms with Crippen LogP contribution in [0.3, 0.4) is 0 Å². The molecule has 0 amide bonds. The molecule has 1 aromatic carbocycles. The summed E-state index contributed by atoms with van der Waals surface area (Å²) in [6.07, 6.45) is 0. The average Bonchev–Trinajstić information content (AvgIpc) is 1.96. The zero-order chi connectivity index (χ0) is 9.14. The van der Waals surface area contributed by atoms with Crippen LogP contribution in [0, 0.1) is 5.82 Å². The van der Waals surface area contributed by atoms with Gasteiger partial charge in [0.05, 0.1) is 0 Å². The van der Waals surface area contributed by atoms with Crippen molar-refractivity contribution in [1.29, 1.82) is 0 Å². The molecule has 0 aliphatic heterocycles. The van der Waals surface area contributed by atoms with Gasteiger partial charge in [0.1, 0.15) is 0 Å². The van der Waals surface area contributed by atoms with E-state index in [9.17, 15) is 8.78 Å². The van der Waals surface area contributed by atoms with E-state index >= 15 is 0 Å². The summed E-state index contributed by atoms with van der Waals surface area (Å²) in [5.74, 6) is -1.71. The summed E-state index contributed by atoms with van der Waals surface area (Å²) in [6, 6.07) is 2.29. The normalized spacial score (nSPS) is 9.92. The van der Waals surface area contributed by atoms with E-state index in [2.05, 4.69) is 20.7 Å². The zero-order valence-electron chi connectivity index (χ0n) is 5.85. The first-order chi connectivity index (χ1) is 5.65. The number of benzene rings is 1. The minimum absolute atomic E-state index is 0.365. The van der Waals surface area contributed by atoms with Gasteiger partial charge in [-0.1, -0.05) is 15.9 Å². The number of hydrogen-bond donors (Lipinski definition) is 1. The standard InChI is InChI=1S/C7H5BrF2O2/c8-4-1-5(10)7(12-3-9)6(11)2-4/h1-2,11H,3H2. The summed E-state index contributed by atoms with van der Waals surface area (Å²) in [5, 5.41) is 9.04. The Labute approximate surface area is 75.9 Å². The van der Waals surface area contributed by atoms with Crippen molar-refractivity contribution in [2.24, 2.45) is 0 Å². The molecule has 0 fully saturated rings. The Morgan fingerprint density at radius 2 is 2.17 bits per heavy atom. The van der Waals surface area contributed by atoms with Crippen LogP contribution in [-0.4, -0.2) is 12.0 Å². The Balaban J connectivity index is 3.10. The van der Waals surface area contributed by atoms with Crippen LogP contribution >= 0.6 is 15.9 Å². The summed E-state index contributed by atoms with van der Waals surface area (Å²) in [6.45, 7) is -1.17. The van der Waals surface area contributed by atoms with Crippen molar-refractivity contribution in [2.75, 3.05) is 6.86 Å². The molecule has 0 saturated carbocycles. The highest BCUT2D eigenvalue weighted by Crippen LogP contribution is 2.32.